The molecule has 0 spiro atoms. The zero-order valence-electron chi connectivity index (χ0n) is 11.4. The highest BCUT2D eigenvalue weighted by Crippen LogP contribution is 2.33. The van der Waals surface area contributed by atoms with Crippen LogP contribution >= 0.6 is 22.7 Å². The van der Waals surface area contributed by atoms with Gasteiger partial charge in [0.1, 0.15) is 9.88 Å². The molecule has 0 radical (unpaired) electrons. The van der Waals surface area contributed by atoms with Gasteiger partial charge in [-0.1, -0.05) is 13.0 Å². The molecule has 1 N–H and O–H groups in total. The van der Waals surface area contributed by atoms with Gasteiger partial charge in [-0.3, -0.25) is 4.79 Å². The summed E-state index contributed by atoms with van der Waals surface area (Å²) in [5.74, 6) is -0.0130. The number of carbonyl (C=O) groups excluding carboxylic acids is 1. The number of carbonyl (C=O) groups is 1. The maximum absolute atomic E-state index is 12.4. The normalized spacial score (nSPS) is 17.1. The fourth-order valence-electron chi connectivity index (χ4n) is 2.28. The average molecular weight is 308 g/mol. The maximum atomic E-state index is 12.4. The molecule has 1 aliphatic heterocycles. The first-order valence-corrected chi connectivity index (χ1v) is 8.25. The van der Waals surface area contributed by atoms with Crippen molar-refractivity contribution in [2.24, 2.45) is 0 Å². The van der Waals surface area contributed by atoms with Crippen LogP contribution in [0.15, 0.2) is 17.5 Å². The fraction of sp³-hybridized carbons (Fsp3) is 0.429. The molecule has 2 aromatic rings. The average Bonchev–Trinajstić information content (AvgIpc) is 3.03. The molecule has 0 aliphatic carbocycles. The molecule has 1 amide bonds. The van der Waals surface area contributed by atoms with E-state index in [9.17, 15) is 9.90 Å². The fourth-order valence-corrected chi connectivity index (χ4v) is 4.11. The van der Waals surface area contributed by atoms with E-state index in [2.05, 4.69) is 4.98 Å². The molecule has 1 saturated heterocycles. The lowest BCUT2D eigenvalue weighted by molar-refractivity contribution is -0.0825. The molecule has 1 aliphatic rings. The molecule has 4 nitrogen and oxygen atoms in total. The quantitative estimate of drug-likeness (QED) is 0.948. The summed E-state index contributed by atoms with van der Waals surface area (Å²) < 4.78 is 0. The lowest BCUT2D eigenvalue weighted by Crippen LogP contribution is -2.63. The molecule has 0 saturated carbocycles. The Labute approximate surface area is 125 Å². The second-order valence-electron chi connectivity index (χ2n) is 5.15. The van der Waals surface area contributed by atoms with E-state index in [1.165, 1.54) is 11.3 Å². The third kappa shape index (κ3) is 2.28. The van der Waals surface area contributed by atoms with Crippen LogP contribution in [0, 0.1) is 6.92 Å². The first-order valence-electron chi connectivity index (χ1n) is 6.55. The molecule has 20 heavy (non-hydrogen) atoms. The summed E-state index contributed by atoms with van der Waals surface area (Å²) in [5.41, 5.74) is 0.0838. The SMILES string of the molecule is CCC1(O)CN(C(=O)c2sc(-c3cccs3)nc2C)C1. The highest BCUT2D eigenvalue weighted by atomic mass is 32.1. The van der Waals surface area contributed by atoms with E-state index >= 15 is 0 Å². The highest BCUT2D eigenvalue weighted by Gasteiger charge is 2.43. The number of β-amino-alcohol motifs (C(OH)–C–C–N with tert-alkyl or cyclic N) is 1. The second-order valence-corrected chi connectivity index (χ2v) is 7.10. The van der Waals surface area contributed by atoms with Crippen molar-refractivity contribution >= 4 is 28.6 Å². The number of aryl methyl sites for hydroxylation is 1. The number of aliphatic hydroxyl groups is 1. The minimum absolute atomic E-state index is 0.0130. The molecule has 106 valence electrons. The molecule has 0 bridgehead atoms. The summed E-state index contributed by atoms with van der Waals surface area (Å²) in [4.78, 5) is 20.4. The topological polar surface area (TPSA) is 53.4 Å². The molecule has 0 unspecified atom stereocenters. The monoisotopic (exact) mass is 308 g/mol. The van der Waals surface area contributed by atoms with Gasteiger partial charge in [0.25, 0.3) is 5.91 Å². The van der Waals surface area contributed by atoms with Gasteiger partial charge in [0.15, 0.2) is 0 Å². The van der Waals surface area contributed by atoms with Crippen molar-refractivity contribution < 1.29 is 9.90 Å². The Hall–Kier alpha value is -1.24. The number of thiazole rings is 1. The first-order chi connectivity index (χ1) is 9.52. The van der Waals surface area contributed by atoms with Crippen LogP contribution in [0.1, 0.15) is 28.7 Å². The number of hydrogen-bond donors (Lipinski definition) is 1. The van der Waals surface area contributed by atoms with Crippen molar-refractivity contribution in [1.29, 1.82) is 0 Å². The van der Waals surface area contributed by atoms with Gasteiger partial charge in [-0.2, -0.15) is 0 Å². The largest absolute Gasteiger partial charge is 0.386 e. The van der Waals surface area contributed by atoms with Crippen LogP contribution in [0.5, 0.6) is 0 Å². The summed E-state index contributed by atoms with van der Waals surface area (Å²) in [6, 6.07) is 3.99. The van der Waals surface area contributed by atoms with E-state index in [0.29, 0.717) is 24.4 Å². The van der Waals surface area contributed by atoms with Gasteiger partial charge in [-0.25, -0.2) is 4.98 Å². The number of hydrogen-bond acceptors (Lipinski definition) is 5. The van der Waals surface area contributed by atoms with E-state index in [1.54, 1.807) is 16.2 Å². The van der Waals surface area contributed by atoms with E-state index < -0.39 is 5.60 Å². The van der Waals surface area contributed by atoms with Gasteiger partial charge in [0.05, 0.1) is 29.3 Å². The van der Waals surface area contributed by atoms with E-state index in [0.717, 1.165) is 15.6 Å². The van der Waals surface area contributed by atoms with Crippen molar-refractivity contribution in [1.82, 2.24) is 9.88 Å². The van der Waals surface area contributed by atoms with Crippen LogP contribution in [-0.2, 0) is 0 Å². The Morgan fingerprint density at radius 3 is 2.90 bits per heavy atom. The second kappa shape index (κ2) is 4.95. The Kier molecular flexibility index (Phi) is 3.40. The molecular weight excluding hydrogens is 292 g/mol. The third-order valence-electron chi connectivity index (χ3n) is 3.64. The van der Waals surface area contributed by atoms with Crippen molar-refractivity contribution in [3.8, 4) is 9.88 Å². The number of rotatable bonds is 3. The summed E-state index contributed by atoms with van der Waals surface area (Å²) >= 11 is 3.06. The van der Waals surface area contributed by atoms with E-state index in [1.807, 2.05) is 31.4 Å². The highest BCUT2D eigenvalue weighted by molar-refractivity contribution is 7.22. The number of nitrogens with zero attached hydrogens (tertiary/aromatic N) is 2. The maximum Gasteiger partial charge on any atom is 0.266 e. The lowest BCUT2D eigenvalue weighted by Gasteiger charge is -2.45. The number of likely N-dealkylation sites (tertiary alicyclic amines) is 1. The van der Waals surface area contributed by atoms with Crippen molar-refractivity contribution in [2.75, 3.05) is 13.1 Å². The predicted molar refractivity (Wildman–Crippen MR) is 81.3 cm³/mol. The van der Waals surface area contributed by atoms with Crippen LogP contribution in [-0.4, -0.2) is 39.6 Å². The number of thiophene rings is 1. The Balaban J connectivity index is 1.80. The summed E-state index contributed by atoms with van der Waals surface area (Å²) in [6.45, 7) is 4.66. The van der Waals surface area contributed by atoms with Crippen molar-refractivity contribution in [3.63, 3.8) is 0 Å². The number of amides is 1. The Bertz CT molecular complexity index is 628. The third-order valence-corrected chi connectivity index (χ3v) is 5.82. The zero-order valence-corrected chi connectivity index (χ0v) is 13.1. The predicted octanol–water partition coefficient (Wildman–Crippen LogP) is 2.78. The summed E-state index contributed by atoms with van der Waals surface area (Å²) in [7, 11) is 0. The molecule has 3 heterocycles. The Morgan fingerprint density at radius 2 is 2.30 bits per heavy atom. The van der Waals surface area contributed by atoms with Crippen LogP contribution in [0.25, 0.3) is 9.88 Å². The lowest BCUT2D eigenvalue weighted by atomic mass is 9.91. The molecule has 0 aromatic carbocycles. The molecule has 1 fully saturated rings. The van der Waals surface area contributed by atoms with Gasteiger partial charge >= 0.3 is 0 Å². The van der Waals surface area contributed by atoms with Crippen LogP contribution in [0.2, 0.25) is 0 Å². The van der Waals surface area contributed by atoms with E-state index in [-0.39, 0.29) is 5.91 Å². The zero-order chi connectivity index (χ0) is 14.3. The van der Waals surface area contributed by atoms with Gasteiger partial charge in [0.2, 0.25) is 0 Å². The molecule has 6 heteroatoms. The molecule has 0 atom stereocenters. The van der Waals surface area contributed by atoms with Gasteiger partial charge in [-0.15, -0.1) is 22.7 Å². The van der Waals surface area contributed by atoms with Gasteiger partial charge in [0, 0.05) is 0 Å². The summed E-state index contributed by atoms with van der Waals surface area (Å²) in [5, 5.41) is 12.9. The van der Waals surface area contributed by atoms with Crippen molar-refractivity contribution in [2.45, 2.75) is 25.9 Å². The molecular formula is C14H16N2O2S2. The molecule has 2 aromatic heterocycles. The van der Waals surface area contributed by atoms with E-state index in [4.69, 9.17) is 0 Å². The minimum atomic E-state index is -0.690. The smallest absolute Gasteiger partial charge is 0.266 e. The summed E-state index contributed by atoms with van der Waals surface area (Å²) in [6.07, 6.45) is 0.679. The molecule has 3 rings (SSSR count). The Morgan fingerprint density at radius 1 is 1.55 bits per heavy atom. The van der Waals surface area contributed by atoms with Gasteiger partial charge < -0.3 is 10.0 Å². The van der Waals surface area contributed by atoms with Crippen LogP contribution < -0.4 is 0 Å². The minimum Gasteiger partial charge on any atom is -0.386 e. The standard InChI is InChI=1S/C14H16N2O2S2/c1-3-14(18)7-16(8-14)13(17)11-9(2)15-12(20-11)10-5-4-6-19-10/h4-6,18H,3,7-8H2,1-2H3. The number of aromatic nitrogens is 1. The van der Waals surface area contributed by atoms with Crippen LogP contribution in [0.3, 0.4) is 0 Å². The van der Waals surface area contributed by atoms with Gasteiger partial charge in [-0.05, 0) is 24.8 Å². The van der Waals surface area contributed by atoms with Crippen molar-refractivity contribution in [3.05, 3.63) is 28.1 Å². The van der Waals surface area contributed by atoms with Crippen LogP contribution in [0.4, 0.5) is 0 Å². The first kappa shape index (κ1) is 13.7.